The van der Waals surface area contributed by atoms with E-state index in [1.165, 1.54) is 12.1 Å². The Balaban J connectivity index is 1.75. The highest BCUT2D eigenvalue weighted by Gasteiger charge is 2.13. The summed E-state index contributed by atoms with van der Waals surface area (Å²) in [5.74, 6) is 0.781. The second kappa shape index (κ2) is 6.28. The van der Waals surface area contributed by atoms with Crippen molar-refractivity contribution in [3.8, 4) is 17.0 Å². The van der Waals surface area contributed by atoms with Gasteiger partial charge in [-0.05, 0) is 54.1 Å². The molecule has 2 heterocycles. The van der Waals surface area contributed by atoms with Gasteiger partial charge in [0.15, 0.2) is 0 Å². The molecule has 4 nitrogen and oxygen atoms in total. The molecule has 0 aliphatic heterocycles. The third kappa shape index (κ3) is 3.04. The molecule has 0 amide bonds. The van der Waals surface area contributed by atoms with E-state index < -0.39 is 0 Å². The van der Waals surface area contributed by atoms with E-state index in [0.29, 0.717) is 6.54 Å². The maximum Gasteiger partial charge on any atom is 0.139 e. The van der Waals surface area contributed by atoms with Crippen molar-refractivity contribution in [2.24, 2.45) is 0 Å². The fraction of sp³-hybridized carbons (Fsp3) is 0.0500. The summed E-state index contributed by atoms with van der Waals surface area (Å²) in [6.07, 6.45) is 1.93. The number of anilines is 1. The standard InChI is InChI=1S/C20H16FN3O/c21-16-5-3-4-14(12-16)13-22-20-19(15-7-9-17(25)10-8-15)23-18-6-1-2-11-24(18)20/h1-12,22,25H,13H2. The van der Waals surface area contributed by atoms with Crippen LogP contribution in [0.2, 0.25) is 0 Å². The van der Waals surface area contributed by atoms with Gasteiger partial charge >= 0.3 is 0 Å². The molecule has 2 aromatic heterocycles. The van der Waals surface area contributed by atoms with Gasteiger partial charge in [-0.2, -0.15) is 0 Å². The van der Waals surface area contributed by atoms with Crippen LogP contribution >= 0.6 is 0 Å². The number of fused-ring (bicyclic) bond motifs is 1. The van der Waals surface area contributed by atoms with Gasteiger partial charge in [0.1, 0.15) is 28.7 Å². The first-order valence-corrected chi connectivity index (χ1v) is 7.95. The summed E-state index contributed by atoms with van der Waals surface area (Å²) in [5, 5.41) is 12.9. The summed E-state index contributed by atoms with van der Waals surface area (Å²) in [7, 11) is 0. The summed E-state index contributed by atoms with van der Waals surface area (Å²) < 4.78 is 15.4. The van der Waals surface area contributed by atoms with Crippen molar-refractivity contribution in [1.82, 2.24) is 9.38 Å². The van der Waals surface area contributed by atoms with Crippen LogP contribution in [-0.4, -0.2) is 14.5 Å². The lowest BCUT2D eigenvalue weighted by Gasteiger charge is -2.09. The zero-order valence-corrected chi connectivity index (χ0v) is 13.4. The fourth-order valence-corrected chi connectivity index (χ4v) is 2.82. The molecule has 2 N–H and O–H groups in total. The molecule has 25 heavy (non-hydrogen) atoms. The number of aromatic nitrogens is 2. The molecule has 0 unspecified atom stereocenters. The van der Waals surface area contributed by atoms with Crippen LogP contribution in [0, 0.1) is 5.82 Å². The van der Waals surface area contributed by atoms with E-state index in [2.05, 4.69) is 10.3 Å². The Morgan fingerprint density at radius 1 is 1.00 bits per heavy atom. The largest absolute Gasteiger partial charge is 0.508 e. The van der Waals surface area contributed by atoms with Crippen LogP contribution in [0.3, 0.4) is 0 Å². The van der Waals surface area contributed by atoms with Crippen LogP contribution in [0.15, 0.2) is 72.9 Å². The van der Waals surface area contributed by atoms with Gasteiger partial charge in [-0.15, -0.1) is 0 Å². The molecule has 5 heteroatoms. The smallest absolute Gasteiger partial charge is 0.139 e. The van der Waals surface area contributed by atoms with Gasteiger partial charge in [0, 0.05) is 18.3 Å². The molecule has 0 aliphatic rings. The number of benzene rings is 2. The van der Waals surface area contributed by atoms with E-state index in [0.717, 1.165) is 28.3 Å². The molecular weight excluding hydrogens is 317 g/mol. The average Bonchev–Trinajstić information content (AvgIpc) is 2.99. The van der Waals surface area contributed by atoms with Gasteiger partial charge < -0.3 is 10.4 Å². The first kappa shape index (κ1) is 15.2. The lowest BCUT2D eigenvalue weighted by atomic mass is 10.1. The number of halogens is 1. The molecule has 0 saturated carbocycles. The Morgan fingerprint density at radius 2 is 1.84 bits per heavy atom. The summed E-state index contributed by atoms with van der Waals surface area (Å²) in [6, 6.07) is 19.2. The first-order chi connectivity index (χ1) is 12.2. The average molecular weight is 333 g/mol. The molecule has 4 rings (SSSR count). The minimum Gasteiger partial charge on any atom is -0.508 e. The lowest BCUT2D eigenvalue weighted by Crippen LogP contribution is -2.03. The Hall–Kier alpha value is -3.34. The number of imidazole rings is 1. The maximum absolute atomic E-state index is 13.4. The van der Waals surface area contributed by atoms with Crippen molar-refractivity contribution < 1.29 is 9.50 Å². The number of pyridine rings is 1. The quantitative estimate of drug-likeness (QED) is 0.580. The SMILES string of the molecule is Oc1ccc(-c2nc3ccccn3c2NCc2cccc(F)c2)cc1. The molecule has 0 spiro atoms. The number of phenols is 1. The molecule has 0 bridgehead atoms. The van der Waals surface area contributed by atoms with Crippen LogP contribution < -0.4 is 5.32 Å². The monoisotopic (exact) mass is 333 g/mol. The van der Waals surface area contributed by atoms with Gasteiger partial charge in [0.05, 0.1) is 0 Å². The van der Waals surface area contributed by atoms with Crippen molar-refractivity contribution in [2.75, 3.05) is 5.32 Å². The van der Waals surface area contributed by atoms with Crippen LogP contribution in [0.1, 0.15) is 5.56 Å². The first-order valence-electron chi connectivity index (χ1n) is 7.95. The number of rotatable bonds is 4. The Morgan fingerprint density at radius 3 is 2.64 bits per heavy atom. The Kier molecular flexibility index (Phi) is 3.82. The highest BCUT2D eigenvalue weighted by Crippen LogP contribution is 2.30. The third-order valence-electron chi connectivity index (χ3n) is 4.02. The minimum absolute atomic E-state index is 0.210. The van der Waals surface area contributed by atoms with E-state index in [9.17, 15) is 9.50 Å². The van der Waals surface area contributed by atoms with E-state index in [1.54, 1.807) is 18.2 Å². The topological polar surface area (TPSA) is 49.6 Å². The second-order valence-corrected chi connectivity index (χ2v) is 5.77. The van der Waals surface area contributed by atoms with Crippen molar-refractivity contribution in [2.45, 2.75) is 6.54 Å². The summed E-state index contributed by atoms with van der Waals surface area (Å²) in [5.41, 5.74) is 3.33. The van der Waals surface area contributed by atoms with Gasteiger partial charge in [0.25, 0.3) is 0 Å². The summed E-state index contributed by atoms with van der Waals surface area (Å²) >= 11 is 0. The number of hydrogen-bond donors (Lipinski definition) is 2. The zero-order chi connectivity index (χ0) is 17.2. The molecule has 124 valence electrons. The summed E-state index contributed by atoms with van der Waals surface area (Å²) in [6.45, 7) is 0.478. The van der Waals surface area contributed by atoms with Crippen molar-refractivity contribution in [1.29, 1.82) is 0 Å². The van der Waals surface area contributed by atoms with Crippen LogP contribution in [-0.2, 0) is 6.54 Å². The third-order valence-corrected chi connectivity index (χ3v) is 4.02. The van der Waals surface area contributed by atoms with Gasteiger partial charge in [-0.25, -0.2) is 9.37 Å². The van der Waals surface area contributed by atoms with Crippen molar-refractivity contribution >= 4 is 11.5 Å². The fourth-order valence-electron chi connectivity index (χ4n) is 2.82. The van der Waals surface area contributed by atoms with Gasteiger partial charge in [0.2, 0.25) is 0 Å². The van der Waals surface area contributed by atoms with E-state index in [1.807, 2.05) is 47.0 Å². The normalized spacial score (nSPS) is 10.9. The molecule has 0 saturated heterocycles. The molecule has 2 aromatic carbocycles. The van der Waals surface area contributed by atoms with Crippen LogP contribution in [0.4, 0.5) is 10.2 Å². The van der Waals surface area contributed by atoms with E-state index in [-0.39, 0.29) is 11.6 Å². The zero-order valence-electron chi connectivity index (χ0n) is 13.4. The number of nitrogens with zero attached hydrogens (tertiary/aromatic N) is 2. The lowest BCUT2D eigenvalue weighted by molar-refractivity contribution is 0.475. The Labute approximate surface area is 144 Å². The van der Waals surface area contributed by atoms with Crippen molar-refractivity contribution in [3.05, 3.63) is 84.3 Å². The summed E-state index contributed by atoms with van der Waals surface area (Å²) in [4.78, 5) is 4.69. The second-order valence-electron chi connectivity index (χ2n) is 5.77. The number of hydrogen-bond acceptors (Lipinski definition) is 3. The van der Waals surface area contributed by atoms with Crippen LogP contribution in [0.5, 0.6) is 5.75 Å². The van der Waals surface area contributed by atoms with Gasteiger partial charge in [-0.1, -0.05) is 18.2 Å². The molecule has 0 fully saturated rings. The molecule has 4 aromatic rings. The highest BCUT2D eigenvalue weighted by molar-refractivity contribution is 5.76. The van der Waals surface area contributed by atoms with Crippen molar-refractivity contribution in [3.63, 3.8) is 0 Å². The molecular formula is C20H16FN3O. The predicted octanol–water partition coefficient (Wildman–Crippen LogP) is 4.46. The molecule has 0 atom stereocenters. The highest BCUT2D eigenvalue weighted by atomic mass is 19.1. The van der Waals surface area contributed by atoms with E-state index in [4.69, 9.17) is 0 Å². The van der Waals surface area contributed by atoms with Gasteiger partial charge in [-0.3, -0.25) is 4.40 Å². The molecule has 0 radical (unpaired) electrons. The number of phenolic OH excluding ortho intramolecular Hbond substituents is 1. The van der Waals surface area contributed by atoms with Crippen LogP contribution in [0.25, 0.3) is 16.9 Å². The Bertz CT molecular complexity index is 1020. The number of nitrogens with one attached hydrogen (secondary N) is 1. The number of aromatic hydroxyl groups is 1. The maximum atomic E-state index is 13.4. The van der Waals surface area contributed by atoms with E-state index >= 15 is 0 Å². The predicted molar refractivity (Wildman–Crippen MR) is 96.0 cm³/mol. The minimum atomic E-state index is -0.254. The molecule has 0 aliphatic carbocycles.